The van der Waals surface area contributed by atoms with Crippen LogP contribution in [0.3, 0.4) is 0 Å². The number of carboxylic acid groups (broad SMARTS) is 2. The average Bonchev–Trinajstić information content (AvgIpc) is 2.82. The van der Waals surface area contributed by atoms with Gasteiger partial charge in [-0.15, -0.1) is 0 Å². The molecule has 0 amide bonds. The Morgan fingerprint density at radius 2 is 0.618 bits per heavy atom. The molecule has 0 spiro atoms. The van der Waals surface area contributed by atoms with Gasteiger partial charge >= 0.3 is 11.9 Å². The van der Waals surface area contributed by atoms with Crippen LogP contribution in [0.2, 0.25) is 0 Å². The first-order valence-electron chi connectivity index (χ1n) is 14.2. The van der Waals surface area contributed by atoms with Gasteiger partial charge in [0.2, 0.25) is 0 Å². The van der Waals surface area contributed by atoms with Crippen molar-refractivity contribution in [2.24, 2.45) is 0 Å². The first-order chi connectivity index (χ1) is 16.3. The lowest BCUT2D eigenvalue weighted by molar-refractivity contribution is -0.143. The first kappa shape index (κ1) is 37.4. The molecule has 0 aromatic rings. The van der Waals surface area contributed by atoms with Crippen molar-refractivity contribution >= 4 is 11.9 Å². The van der Waals surface area contributed by atoms with Gasteiger partial charge in [-0.25, -0.2) is 0 Å². The van der Waals surface area contributed by atoms with Crippen LogP contribution < -0.4 is 0 Å². The summed E-state index contributed by atoms with van der Waals surface area (Å²) >= 11 is 0. The summed E-state index contributed by atoms with van der Waals surface area (Å²) < 4.78 is 0. The SMILES string of the molecule is CCCCN(CCCC)CCCC.CCCCN(CCCC)CCCC.O=C(O)CCC(=O)O. The van der Waals surface area contributed by atoms with Gasteiger partial charge in [-0.3, -0.25) is 9.59 Å². The molecule has 0 aliphatic rings. The van der Waals surface area contributed by atoms with Crippen LogP contribution in [0.15, 0.2) is 0 Å². The summed E-state index contributed by atoms with van der Waals surface area (Å²) in [4.78, 5) is 24.6. The number of carbonyl (C=O) groups is 2. The maximum absolute atomic E-state index is 9.64. The van der Waals surface area contributed by atoms with Crippen molar-refractivity contribution in [2.45, 2.75) is 131 Å². The van der Waals surface area contributed by atoms with E-state index >= 15 is 0 Å². The zero-order valence-electron chi connectivity index (χ0n) is 23.7. The quantitative estimate of drug-likeness (QED) is 0.176. The maximum Gasteiger partial charge on any atom is 0.303 e. The van der Waals surface area contributed by atoms with E-state index < -0.39 is 11.9 Å². The Labute approximate surface area is 212 Å². The van der Waals surface area contributed by atoms with Crippen molar-refractivity contribution in [1.29, 1.82) is 0 Å². The second-order valence-electron chi connectivity index (χ2n) is 9.09. The fourth-order valence-corrected chi connectivity index (χ4v) is 3.18. The molecule has 6 nitrogen and oxygen atoms in total. The van der Waals surface area contributed by atoms with E-state index in [2.05, 4.69) is 51.3 Å². The van der Waals surface area contributed by atoms with E-state index in [0.717, 1.165) is 0 Å². The van der Waals surface area contributed by atoms with Gasteiger partial charge in [-0.05, 0) is 77.8 Å². The van der Waals surface area contributed by atoms with Crippen molar-refractivity contribution in [1.82, 2.24) is 9.80 Å². The van der Waals surface area contributed by atoms with Gasteiger partial charge in [0.1, 0.15) is 0 Å². The lowest BCUT2D eigenvalue weighted by atomic mass is 10.2. The zero-order valence-corrected chi connectivity index (χ0v) is 23.7. The molecule has 0 unspecified atom stereocenters. The maximum atomic E-state index is 9.64. The Balaban J connectivity index is -0.000000438. The van der Waals surface area contributed by atoms with Crippen molar-refractivity contribution in [3.63, 3.8) is 0 Å². The number of carboxylic acids is 2. The molecule has 6 heteroatoms. The first-order valence-corrected chi connectivity index (χ1v) is 14.2. The summed E-state index contributed by atoms with van der Waals surface area (Å²) in [6.07, 6.45) is 15.6. The second kappa shape index (κ2) is 31.9. The van der Waals surface area contributed by atoms with Crippen LogP contribution in [0.5, 0.6) is 0 Å². The number of hydrogen-bond acceptors (Lipinski definition) is 4. The molecule has 0 bridgehead atoms. The highest BCUT2D eigenvalue weighted by Crippen LogP contribution is 2.02. The van der Waals surface area contributed by atoms with Gasteiger partial charge in [0.05, 0.1) is 12.8 Å². The van der Waals surface area contributed by atoms with Crippen LogP contribution in [-0.2, 0) is 9.59 Å². The van der Waals surface area contributed by atoms with Gasteiger partial charge < -0.3 is 20.0 Å². The van der Waals surface area contributed by atoms with Crippen molar-refractivity contribution in [3.05, 3.63) is 0 Å². The second-order valence-corrected chi connectivity index (χ2v) is 9.09. The standard InChI is InChI=1S/2C12H27N.C4H6O4/c2*1-4-7-10-13(11-8-5-2)12-9-6-3;5-3(6)1-2-4(7)8/h2*4-12H2,1-3H3;1-2H2,(H,5,6)(H,7,8). The predicted molar refractivity (Wildman–Crippen MR) is 147 cm³/mol. The minimum Gasteiger partial charge on any atom is -0.481 e. The van der Waals surface area contributed by atoms with Crippen LogP contribution in [0.4, 0.5) is 0 Å². The molecule has 0 saturated carbocycles. The average molecular weight is 489 g/mol. The number of unbranched alkanes of at least 4 members (excludes halogenated alkanes) is 6. The lowest BCUT2D eigenvalue weighted by Crippen LogP contribution is -2.27. The fourth-order valence-electron chi connectivity index (χ4n) is 3.18. The highest BCUT2D eigenvalue weighted by Gasteiger charge is 2.03. The minimum absolute atomic E-state index is 0.296. The van der Waals surface area contributed by atoms with E-state index in [-0.39, 0.29) is 12.8 Å². The van der Waals surface area contributed by atoms with Gasteiger partial charge in [-0.2, -0.15) is 0 Å². The molecule has 34 heavy (non-hydrogen) atoms. The monoisotopic (exact) mass is 488 g/mol. The smallest absolute Gasteiger partial charge is 0.303 e. The summed E-state index contributed by atoms with van der Waals surface area (Å²) in [6.45, 7) is 21.5. The normalized spacial score (nSPS) is 10.5. The molecule has 0 aliphatic heterocycles. The molecular weight excluding hydrogens is 428 g/mol. The highest BCUT2D eigenvalue weighted by atomic mass is 16.4. The third-order valence-corrected chi connectivity index (χ3v) is 5.52. The van der Waals surface area contributed by atoms with Crippen LogP contribution in [0.1, 0.15) is 131 Å². The van der Waals surface area contributed by atoms with Crippen molar-refractivity contribution < 1.29 is 19.8 Å². The molecule has 0 aromatic heterocycles. The molecule has 0 aliphatic carbocycles. The highest BCUT2D eigenvalue weighted by molar-refractivity contribution is 5.75. The van der Waals surface area contributed by atoms with E-state index in [0.29, 0.717) is 0 Å². The molecule has 0 saturated heterocycles. The molecule has 0 rings (SSSR count). The molecule has 0 radical (unpaired) electrons. The third-order valence-electron chi connectivity index (χ3n) is 5.52. The van der Waals surface area contributed by atoms with Crippen LogP contribution >= 0.6 is 0 Å². The molecular formula is C28H60N2O4. The molecule has 206 valence electrons. The summed E-state index contributed by atoms with van der Waals surface area (Å²) in [5, 5.41) is 15.8. The summed E-state index contributed by atoms with van der Waals surface area (Å²) in [5.74, 6) is -2.15. The number of hydrogen-bond donors (Lipinski definition) is 2. The summed E-state index contributed by atoms with van der Waals surface area (Å²) in [7, 11) is 0. The van der Waals surface area contributed by atoms with Crippen molar-refractivity contribution in [2.75, 3.05) is 39.3 Å². The van der Waals surface area contributed by atoms with E-state index in [1.54, 1.807) is 0 Å². The minimum atomic E-state index is -1.08. The topological polar surface area (TPSA) is 81.1 Å². The van der Waals surface area contributed by atoms with Crippen molar-refractivity contribution in [3.8, 4) is 0 Å². The third kappa shape index (κ3) is 35.4. The van der Waals surface area contributed by atoms with Gasteiger partial charge in [0.15, 0.2) is 0 Å². The Morgan fingerprint density at radius 1 is 0.441 bits per heavy atom. The van der Waals surface area contributed by atoms with E-state index in [9.17, 15) is 9.59 Å². The lowest BCUT2D eigenvalue weighted by Gasteiger charge is -2.21. The van der Waals surface area contributed by atoms with Crippen LogP contribution in [0.25, 0.3) is 0 Å². The molecule has 0 aromatic carbocycles. The fraction of sp³-hybridized carbons (Fsp3) is 0.929. The van der Waals surface area contributed by atoms with Gasteiger partial charge in [0.25, 0.3) is 0 Å². The largest absolute Gasteiger partial charge is 0.481 e. The summed E-state index contributed by atoms with van der Waals surface area (Å²) in [6, 6.07) is 0. The van der Waals surface area contributed by atoms with E-state index in [1.807, 2.05) is 0 Å². The number of rotatable bonds is 21. The molecule has 2 N–H and O–H groups in total. The Kier molecular flexibility index (Phi) is 35.1. The zero-order chi connectivity index (χ0) is 26.5. The Hall–Kier alpha value is -1.14. The van der Waals surface area contributed by atoms with Crippen LogP contribution in [0, 0.1) is 0 Å². The van der Waals surface area contributed by atoms with E-state index in [4.69, 9.17) is 10.2 Å². The molecule has 0 atom stereocenters. The Morgan fingerprint density at radius 3 is 0.735 bits per heavy atom. The summed E-state index contributed by atoms with van der Waals surface area (Å²) in [5.41, 5.74) is 0. The van der Waals surface area contributed by atoms with E-state index in [1.165, 1.54) is 116 Å². The number of aliphatic carboxylic acids is 2. The molecule has 0 heterocycles. The molecule has 0 fully saturated rings. The van der Waals surface area contributed by atoms with Crippen LogP contribution in [-0.4, -0.2) is 71.2 Å². The Bertz CT molecular complexity index is 343. The number of nitrogens with zero attached hydrogens (tertiary/aromatic N) is 2. The van der Waals surface area contributed by atoms with Gasteiger partial charge in [-0.1, -0.05) is 80.1 Å². The van der Waals surface area contributed by atoms with Gasteiger partial charge in [0, 0.05) is 0 Å². The predicted octanol–water partition coefficient (Wildman–Crippen LogP) is 7.31.